The summed E-state index contributed by atoms with van der Waals surface area (Å²) in [7, 11) is 4.20. The predicted molar refractivity (Wildman–Crippen MR) is 84.1 cm³/mol. The van der Waals surface area contributed by atoms with Gasteiger partial charge in [0.15, 0.2) is 0 Å². The van der Waals surface area contributed by atoms with E-state index in [2.05, 4.69) is 29.4 Å². The van der Waals surface area contributed by atoms with Gasteiger partial charge in [-0.15, -0.1) is 0 Å². The van der Waals surface area contributed by atoms with Gasteiger partial charge in [-0.25, -0.2) is 0 Å². The summed E-state index contributed by atoms with van der Waals surface area (Å²) in [5.74, 6) is 0.648. The number of nitrogens with one attached hydrogen (secondary N) is 1. The molecule has 1 heterocycles. The van der Waals surface area contributed by atoms with Gasteiger partial charge in [-0.1, -0.05) is 12.8 Å². The van der Waals surface area contributed by atoms with Crippen molar-refractivity contribution in [3.63, 3.8) is 0 Å². The average Bonchev–Trinajstić information content (AvgIpc) is 2.69. The summed E-state index contributed by atoms with van der Waals surface area (Å²) in [4.78, 5) is 14.5. The van der Waals surface area contributed by atoms with Gasteiger partial charge in [0.1, 0.15) is 6.54 Å². The minimum atomic E-state index is 0.0804. The van der Waals surface area contributed by atoms with Gasteiger partial charge in [0.2, 0.25) is 5.91 Å². The number of amides is 1. The molecule has 0 aromatic carbocycles. The largest absolute Gasteiger partial charge is 0.351 e. The molecular weight excluding hydrogens is 264 g/mol. The molecule has 1 aromatic rings. The van der Waals surface area contributed by atoms with E-state index in [1.54, 1.807) is 4.68 Å². The lowest BCUT2D eigenvalue weighted by Gasteiger charge is -2.34. The molecule has 2 rings (SSSR count). The number of carbonyl (C=O) groups is 1. The van der Waals surface area contributed by atoms with E-state index in [0.29, 0.717) is 18.5 Å². The average molecular weight is 292 g/mol. The lowest BCUT2D eigenvalue weighted by atomic mass is 9.84. The number of nitrogens with zero attached hydrogens (tertiary/aromatic N) is 3. The van der Waals surface area contributed by atoms with Crippen LogP contribution in [0, 0.1) is 19.8 Å². The topological polar surface area (TPSA) is 50.2 Å². The zero-order valence-electron chi connectivity index (χ0n) is 13.7. The van der Waals surface area contributed by atoms with Gasteiger partial charge in [0.25, 0.3) is 0 Å². The summed E-state index contributed by atoms with van der Waals surface area (Å²) in [6, 6.07) is 2.31. The Bertz CT molecular complexity index is 481. The van der Waals surface area contributed by atoms with Crippen LogP contribution in [0.5, 0.6) is 0 Å². The lowest BCUT2D eigenvalue weighted by Crippen LogP contribution is -2.46. The van der Waals surface area contributed by atoms with Crippen LogP contribution in [-0.4, -0.2) is 47.3 Å². The number of hydrogen-bond acceptors (Lipinski definition) is 3. The minimum Gasteiger partial charge on any atom is -0.351 e. The molecule has 0 bridgehead atoms. The summed E-state index contributed by atoms with van der Waals surface area (Å²) in [5, 5.41) is 7.59. The number of carbonyl (C=O) groups excluding carboxylic acids is 1. The first-order chi connectivity index (χ1) is 9.95. The minimum absolute atomic E-state index is 0.0804. The van der Waals surface area contributed by atoms with Gasteiger partial charge in [-0.3, -0.25) is 9.48 Å². The van der Waals surface area contributed by atoms with E-state index >= 15 is 0 Å². The molecule has 5 nitrogen and oxygen atoms in total. The first-order valence-electron chi connectivity index (χ1n) is 7.91. The van der Waals surface area contributed by atoms with E-state index in [4.69, 9.17) is 0 Å². The fraction of sp³-hybridized carbons (Fsp3) is 0.750. The summed E-state index contributed by atoms with van der Waals surface area (Å²) in [6.07, 6.45) is 4.81. The van der Waals surface area contributed by atoms with Crippen molar-refractivity contribution in [1.82, 2.24) is 20.0 Å². The van der Waals surface area contributed by atoms with Gasteiger partial charge in [-0.2, -0.15) is 5.10 Å². The molecule has 5 heteroatoms. The van der Waals surface area contributed by atoms with Crippen LogP contribution in [0.1, 0.15) is 37.1 Å². The third-order valence-corrected chi connectivity index (χ3v) is 4.25. The van der Waals surface area contributed by atoms with Gasteiger partial charge >= 0.3 is 0 Å². The third-order valence-electron chi connectivity index (χ3n) is 4.25. The molecule has 1 saturated carbocycles. The van der Waals surface area contributed by atoms with Crippen LogP contribution in [-0.2, 0) is 11.3 Å². The first-order valence-corrected chi connectivity index (χ1v) is 7.91. The molecule has 1 fully saturated rings. The number of rotatable bonds is 5. The second-order valence-corrected chi connectivity index (χ2v) is 6.57. The molecule has 0 saturated heterocycles. The SMILES string of the molecule is Cc1cc(C)n(CC(=O)NC2CCCCC2CN(C)C)n1. The summed E-state index contributed by atoms with van der Waals surface area (Å²) < 4.78 is 1.79. The Morgan fingerprint density at radius 1 is 1.38 bits per heavy atom. The van der Waals surface area contributed by atoms with Crippen LogP contribution in [0.15, 0.2) is 6.07 Å². The fourth-order valence-electron chi connectivity index (χ4n) is 3.31. The Hall–Kier alpha value is -1.36. The molecular formula is C16H28N4O. The maximum Gasteiger partial charge on any atom is 0.241 e. The molecule has 1 aliphatic carbocycles. The van der Waals surface area contributed by atoms with Crippen molar-refractivity contribution in [1.29, 1.82) is 0 Å². The van der Waals surface area contributed by atoms with E-state index < -0.39 is 0 Å². The summed E-state index contributed by atoms with van der Waals surface area (Å²) in [5.41, 5.74) is 2.00. The quantitative estimate of drug-likeness (QED) is 0.899. The molecule has 0 radical (unpaired) electrons. The normalized spacial score (nSPS) is 22.5. The van der Waals surface area contributed by atoms with E-state index in [0.717, 1.165) is 24.4 Å². The molecule has 1 aliphatic rings. The summed E-state index contributed by atoms with van der Waals surface area (Å²) >= 11 is 0. The monoisotopic (exact) mass is 292 g/mol. The van der Waals surface area contributed by atoms with Crippen LogP contribution in [0.3, 0.4) is 0 Å². The Kier molecular flexibility index (Phi) is 5.39. The maximum absolute atomic E-state index is 12.3. The van der Waals surface area contributed by atoms with Crippen LogP contribution >= 0.6 is 0 Å². The fourth-order valence-corrected chi connectivity index (χ4v) is 3.31. The molecule has 0 spiro atoms. The van der Waals surface area contributed by atoms with Crippen molar-refractivity contribution >= 4 is 5.91 Å². The maximum atomic E-state index is 12.3. The van der Waals surface area contributed by atoms with Crippen LogP contribution in [0.2, 0.25) is 0 Å². The van der Waals surface area contributed by atoms with Gasteiger partial charge in [0, 0.05) is 18.3 Å². The molecule has 21 heavy (non-hydrogen) atoms. The van der Waals surface area contributed by atoms with Crippen LogP contribution < -0.4 is 5.32 Å². The zero-order valence-corrected chi connectivity index (χ0v) is 13.7. The highest BCUT2D eigenvalue weighted by atomic mass is 16.2. The highest BCUT2D eigenvalue weighted by Gasteiger charge is 2.26. The predicted octanol–water partition coefficient (Wildman–Crippen LogP) is 1.74. The van der Waals surface area contributed by atoms with Crippen molar-refractivity contribution in [3.8, 4) is 0 Å². The number of aryl methyl sites for hydroxylation is 2. The molecule has 2 unspecified atom stereocenters. The van der Waals surface area contributed by atoms with E-state index in [9.17, 15) is 4.79 Å². The zero-order chi connectivity index (χ0) is 15.4. The third kappa shape index (κ3) is 4.56. The highest BCUT2D eigenvalue weighted by Crippen LogP contribution is 2.24. The standard InChI is InChI=1S/C16H28N4O/c1-12-9-13(2)20(18-12)11-16(21)17-15-8-6-5-7-14(15)10-19(3)4/h9,14-15H,5-8,10-11H2,1-4H3,(H,17,21). The molecule has 1 amide bonds. The molecule has 1 aromatic heterocycles. The Labute approximate surface area is 127 Å². The molecule has 2 atom stereocenters. The highest BCUT2D eigenvalue weighted by molar-refractivity contribution is 5.76. The van der Waals surface area contributed by atoms with Crippen molar-refractivity contribution in [2.75, 3.05) is 20.6 Å². The molecule has 0 aliphatic heterocycles. The number of aromatic nitrogens is 2. The molecule has 1 N–H and O–H groups in total. The van der Waals surface area contributed by atoms with E-state index in [1.807, 2.05) is 19.9 Å². The first kappa shape index (κ1) is 16.0. The Morgan fingerprint density at radius 2 is 2.10 bits per heavy atom. The van der Waals surface area contributed by atoms with Crippen molar-refractivity contribution in [2.45, 2.75) is 52.1 Å². The Morgan fingerprint density at radius 3 is 2.71 bits per heavy atom. The van der Waals surface area contributed by atoms with Crippen molar-refractivity contribution < 1.29 is 4.79 Å². The van der Waals surface area contributed by atoms with Crippen LogP contribution in [0.4, 0.5) is 0 Å². The number of hydrogen-bond donors (Lipinski definition) is 1. The van der Waals surface area contributed by atoms with Crippen LogP contribution in [0.25, 0.3) is 0 Å². The molecule has 118 valence electrons. The summed E-state index contributed by atoms with van der Waals surface area (Å²) in [6.45, 7) is 5.31. The second kappa shape index (κ2) is 7.07. The Balaban J connectivity index is 1.92. The van der Waals surface area contributed by atoms with Gasteiger partial charge < -0.3 is 10.2 Å². The van der Waals surface area contributed by atoms with Gasteiger partial charge in [0.05, 0.1) is 5.69 Å². The smallest absolute Gasteiger partial charge is 0.241 e. The van der Waals surface area contributed by atoms with Crippen molar-refractivity contribution in [3.05, 3.63) is 17.5 Å². The van der Waals surface area contributed by atoms with Crippen molar-refractivity contribution in [2.24, 2.45) is 5.92 Å². The van der Waals surface area contributed by atoms with Gasteiger partial charge in [-0.05, 0) is 52.8 Å². The van der Waals surface area contributed by atoms with E-state index in [-0.39, 0.29) is 5.91 Å². The second-order valence-electron chi connectivity index (χ2n) is 6.57. The van der Waals surface area contributed by atoms with E-state index in [1.165, 1.54) is 19.3 Å². The lowest BCUT2D eigenvalue weighted by molar-refractivity contribution is -0.123.